The molecule has 0 saturated heterocycles. The maximum Gasteiger partial charge on any atom is 0.294 e. The highest BCUT2D eigenvalue weighted by Gasteiger charge is 2.12. The van der Waals surface area contributed by atoms with Gasteiger partial charge in [-0.3, -0.25) is 14.6 Å². The maximum atomic E-state index is 12.4. The van der Waals surface area contributed by atoms with Crippen molar-refractivity contribution in [1.29, 1.82) is 5.26 Å². The number of hydrogen-bond donors (Lipinski definition) is 2. The number of phenols is 1. The number of aryl methyl sites for hydroxylation is 5. The molecule has 3 aromatic rings. The van der Waals surface area contributed by atoms with Crippen LogP contribution in [0.5, 0.6) is 5.75 Å². The molecule has 7 nitrogen and oxygen atoms in total. The van der Waals surface area contributed by atoms with E-state index in [0.717, 1.165) is 12.0 Å². The van der Waals surface area contributed by atoms with E-state index in [9.17, 15) is 9.90 Å². The molecule has 0 amide bonds. The lowest BCUT2D eigenvalue weighted by Crippen LogP contribution is -2.16. The lowest BCUT2D eigenvalue weighted by Gasteiger charge is -2.11. The van der Waals surface area contributed by atoms with Gasteiger partial charge in [0, 0.05) is 0 Å². The average Bonchev–Trinajstić information content (AvgIpc) is 3.12. The standard InChI is InChI=1S/C23H25N5O2.2C2H6/c1-15-7-4-8-16(2)19(15)12-11-18-9-5-10-20(22(18)29)25-26-21-17(3)27-28(23(21)30)14-6-13-24;2*1-2/h4-5,7-10,27,29H,6,11-12,14H2,1-3H3;2*1-2H3. The summed E-state index contributed by atoms with van der Waals surface area (Å²) in [6.07, 6.45) is 1.71. The minimum absolute atomic E-state index is 0.0745. The molecule has 34 heavy (non-hydrogen) atoms. The van der Waals surface area contributed by atoms with Crippen LogP contribution in [-0.4, -0.2) is 14.9 Å². The number of nitriles is 1. The van der Waals surface area contributed by atoms with Crippen molar-refractivity contribution in [1.82, 2.24) is 9.78 Å². The van der Waals surface area contributed by atoms with E-state index in [4.69, 9.17) is 5.26 Å². The molecule has 7 heteroatoms. The molecule has 182 valence electrons. The Kier molecular flexibility index (Phi) is 12.1. The van der Waals surface area contributed by atoms with Gasteiger partial charge in [-0.2, -0.15) is 5.26 Å². The van der Waals surface area contributed by atoms with Gasteiger partial charge in [-0.25, -0.2) is 0 Å². The number of aromatic nitrogens is 2. The zero-order valence-electron chi connectivity index (χ0n) is 21.4. The average molecular weight is 464 g/mol. The molecular weight excluding hydrogens is 426 g/mol. The summed E-state index contributed by atoms with van der Waals surface area (Å²) in [4.78, 5) is 12.4. The molecule has 0 aliphatic heterocycles. The number of aromatic hydroxyl groups is 1. The van der Waals surface area contributed by atoms with E-state index in [1.807, 2.05) is 52.0 Å². The zero-order chi connectivity index (χ0) is 25.7. The molecule has 0 aliphatic rings. The second-order valence-corrected chi connectivity index (χ2v) is 7.31. The molecule has 0 unspecified atom stereocenters. The molecule has 2 aromatic carbocycles. The number of aromatic amines is 1. The lowest BCUT2D eigenvalue weighted by molar-refractivity contribution is 0.469. The van der Waals surface area contributed by atoms with Crippen LogP contribution in [-0.2, 0) is 19.4 Å². The Morgan fingerprint density at radius 1 is 0.971 bits per heavy atom. The highest BCUT2D eigenvalue weighted by atomic mass is 16.3. The summed E-state index contributed by atoms with van der Waals surface area (Å²) in [5.74, 6) is 0.0745. The van der Waals surface area contributed by atoms with Gasteiger partial charge < -0.3 is 5.11 Å². The Labute approximate surface area is 202 Å². The van der Waals surface area contributed by atoms with E-state index >= 15 is 0 Å². The Bertz CT molecular complexity index is 1160. The van der Waals surface area contributed by atoms with E-state index in [1.165, 1.54) is 21.4 Å². The molecule has 1 aromatic heterocycles. The molecule has 0 spiro atoms. The van der Waals surface area contributed by atoms with Crippen molar-refractivity contribution >= 4 is 11.4 Å². The van der Waals surface area contributed by atoms with Crippen LogP contribution in [0.1, 0.15) is 62.1 Å². The first-order valence-corrected chi connectivity index (χ1v) is 11.9. The molecule has 3 rings (SSSR count). The van der Waals surface area contributed by atoms with Gasteiger partial charge >= 0.3 is 0 Å². The predicted octanol–water partition coefficient (Wildman–Crippen LogP) is 6.97. The number of rotatable bonds is 7. The molecule has 0 fully saturated rings. The maximum absolute atomic E-state index is 12.4. The quantitative estimate of drug-likeness (QED) is 0.369. The molecule has 2 N–H and O–H groups in total. The van der Waals surface area contributed by atoms with Crippen LogP contribution in [0.2, 0.25) is 0 Å². The number of benzene rings is 2. The van der Waals surface area contributed by atoms with E-state index in [0.29, 0.717) is 17.8 Å². The fourth-order valence-corrected chi connectivity index (χ4v) is 3.50. The van der Waals surface area contributed by atoms with Gasteiger partial charge in [-0.1, -0.05) is 58.0 Å². The number of phenolic OH excluding ortho intramolecular Hbond substituents is 1. The van der Waals surface area contributed by atoms with Crippen LogP contribution in [0.4, 0.5) is 11.4 Å². The summed E-state index contributed by atoms with van der Waals surface area (Å²) in [5, 5.41) is 30.4. The van der Waals surface area contributed by atoms with Crippen molar-refractivity contribution in [3.05, 3.63) is 74.7 Å². The molecule has 0 bridgehead atoms. The number of hydrogen-bond acceptors (Lipinski definition) is 5. The van der Waals surface area contributed by atoms with Crippen LogP contribution in [0.3, 0.4) is 0 Å². The van der Waals surface area contributed by atoms with Crippen LogP contribution in [0, 0.1) is 32.1 Å². The van der Waals surface area contributed by atoms with Crippen LogP contribution in [0.25, 0.3) is 0 Å². The molecule has 1 heterocycles. The summed E-state index contributed by atoms with van der Waals surface area (Å²) >= 11 is 0. The van der Waals surface area contributed by atoms with Crippen molar-refractivity contribution in [3.63, 3.8) is 0 Å². The van der Waals surface area contributed by atoms with Gasteiger partial charge in [0.15, 0.2) is 5.69 Å². The fraction of sp³-hybridized carbons (Fsp3) is 0.407. The van der Waals surface area contributed by atoms with Gasteiger partial charge in [0.1, 0.15) is 11.4 Å². The van der Waals surface area contributed by atoms with Crippen molar-refractivity contribution in [2.24, 2.45) is 10.2 Å². The van der Waals surface area contributed by atoms with E-state index in [-0.39, 0.29) is 30.0 Å². The highest BCUT2D eigenvalue weighted by Crippen LogP contribution is 2.32. The Morgan fingerprint density at radius 3 is 2.21 bits per heavy atom. The Balaban J connectivity index is 0.00000137. The van der Waals surface area contributed by atoms with Gasteiger partial charge in [-0.15, -0.1) is 10.2 Å². The van der Waals surface area contributed by atoms with Crippen LogP contribution >= 0.6 is 0 Å². The third kappa shape index (κ3) is 7.17. The van der Waals surface area contributed by atoms with Crippen molar-refractivity contribution in [2.75, 3.05) is 0 Å². The van der Waals surface area contributed by atoms with Crippen molar-refractivity contribution in [3.8, 4) is 11.8 Å². The van der Waals surface area contributed by atoms with Crippen molar-refractivity contribution in [2.45, 2.75) is 74.3 Å². The Morgan fingerprint density at radius 2 is 1.59 bits per heavy atom. The normalized spacial score (nSPS) is 10.2. The first-order valence-electron chi connectivity index (χ1n) is 11.9. The number of nitrogens with one attached hydrogen (secondary N) is 1. The van der Waals surface area contributed by atoms with E-state index < -0.39 is 0 Å². The van der Waals surface area contributed by atoms with Crippen LogP contribution < -0.4 is 5.56 Å². The number of azo groups is 1. The minimum Gasteiger partial charge on any atom is -0.505 e. The third-order valence-corrected chi connectivity index (χ3v) is 5.20. The van der Waals surface area contributed by atoms with E-state index in [2.05, 4.69) is 41.3 Å². The third-order valence-electron chi connectivity index (χ3n) is 5.20. The lowest BCUT2D eigenvalue weighted by atomic mass is 9.96. The predicted molar refractivity (Wildman–Crippen MR) is 138 cm³/mol. The smallest absolute Gasteiger partial charge is 0.294 e. The minimum atomic E-state index is -0.336. The first kappa shape index (κ1) is 28.4. The molecule has 0 aliphatic carbocycles. The first-order chi connectivity index (χ1) is 16.4. The number of para-hydroxylation sites is 1. The number of H-pyrrole nitrogens is 1. The van der Waals surface area contributed by atoms with Gasteiger partial charge in [-0.05, 0) is 61.9 Å². The van der Waals surface area contributed by atoms with Crippen LogP contribution in [0.15, 0.2) is 51.4 Å². The zero-order valence-corrected chi connectivity index (χ0v) is 21.4. The molecule has 0 atom stereocenters. The highest BCUT2D eigenvalue weighted by molar-refractivity contribution is 5.55. The summed E-state index contributed by atoms with van der Waals surface area (Å²) in [5.41, 5.74) is 5.26. The topological polar surface area (TPSA) is 107 Å². The van der Waals surface area contributed by atoms with Crippen molar-refractivity contribution < 1.29 is 5.11 Å². The monoisotopic (exact) mass is 463 g/mol. The Hall–Kier alpha value is -3.66. The molecule has 0 saturated carbocycles. The van der Waals surface area contributed by atoms with E-state index in [1.54, 1.807) is 13.0 Å². The summed E-state index contributed by atoms with van der Waals surface area (Å²) in [7, 11) is 0. The second-order valence-electron chi connectivity index (χ2n) is 7.31. The van der Waals surface area contributed by atoms with Gasteiger partial charge in [0.2, 0.25) is 0 Å². The largest absolute Gasteiger partial charge is 0.505 e. The molecule has 0 radical (unpaired) electrons. The second kappa shape index (κ2) is 14.5. The van der Waals surface area contributed by atoms with Gasteiger partial charge in [0.25, 0.3) is 5.56 Å². The fourth-order valence-electron chi connectivity index (χ4n) is 3.50. The summed E-state index contributed by atoms with van der Waals surface area (Å²) in [6, 6.07) is 13.6. The summed E-state index contributed by atoms with van der Waals surface area (Å²) in [6.45, 7) is 14.2. The summed E-state index contributed by atoms with van der Waals surface area (Å²) < 4.78 is 1.34. The number of nitrogens with zero attached hydrogens (tertiary/aromatic N) is 4. The SMILES string of the molecule is CC.CC.Cc1cccc(C)c1CCc1cccc(N=Nc2c(C)[nH]n(CCC#N)c2=O)c1O. The van der Waals surface area contributed by atoms with Gasteiger partial charge in [0.05, 0.1) is 24.7 Å². The molecular formula is C27H37N5O2.